The third kappa shape index (κ3) is 3.27. The van der Waals surface area contributed by atoms with E-state index in [9.17, 15) is 18.8 Å². The molecule has 0 fully saturated rings. The van der Waals surface area contributed by atoms with Gasteiger partial charge in [0.15, 0.2) is 0 Å². The number of hydrogen-bond acceptors (Lipinski definition) is 3. The molecule has 0 atom stereocenters. The van der Waals surface area contributed by atoms with E-state index in [1.54, 1.807) is 0 Å². The molecule has 0 saturated heterocycles. The molecule has 0 aromatic heterocycles. The Bertz CT molecular complexity index is 422. The van der Waals surface area contributed by atoms with Crippen molar-refractivity contribution in [3.05, 3.63) is 35.4 Å². The first-order valence-electron chi connectivity index (χ1n) is 4.55. The Balaban J connectivity index is 2.71. The average molecular weight is 224 g/mol. The third-order valence-corrected chi connectivity index (χ3v) is 2.02. The van der Waals surface area contributed by atoms with Crippen molar-refractivity contribution >= 4 is 17.8 Å². The molecule has 4 nitrogen and oxygen atoms in total. The lowest BCUT2D eigenvalue weighted by Crippen LogP contribution is -2.08. The molecule has 0 radical (unpaired) electrons. The highest BCUT2D eigenvalue weighted by Crippen LogP contribution is 2.08. The number of hydrogen-bond donors (Lipinski definition) is 1. The average Bonchev–Trinajstić information content (AvgIpc) is 2.26. The molecule has 1 aromatic rings. The topological polar surface area (TPSA) is 71.4 Å². The molecule has 0 spiro atoms. The van der Waals surface area contributed by atoms with E-state index in [1.165, 1.54) is 24.3 Å². The second kappa shape index (κ2) is 5.16. The van der Waals surface area contributed by atoms with Gasteiger partial charge >= 0.3 is 12.0 Å². The zero-order chi connectivity index (χ0) is 12.1. The van der Waals surface area contributed by atoms with Crippen molar-refractivity contribution < 1.29 is 23.9 Å². The molecule has 0 unspecified atom stereocenters. The number of carbonyl (C=O) groups is 3. The second-order valence-corrected chi connectivity index (χ2v) is 3.19. The molecular weight excluding hydrogens is 215 g/mol. The van der Waals surface area contributed by atoms with E-state index >= 15 is 0 Å². The van der Waals surface area contributed by atoms with Gasteiger partial charge in [-0.3, -0.25) is 14.4 Å². The van der Waals surface area contributed by atoms with Crippen LogP contribution in [-0.4, -0.2) is 22.9 Å². The van der Waals surface area contributed by atoms with E-state index in [2.05, 4.69) is 0 Å². The maximum Gasteiger partial charge on any atom is 0.372 e. The molecule has 5 heteroatoms. The quantitative estimate of drug-likeness (QED) is 0.466. The highest BCUT2D eigenvalue weighted by Gasteiger charge is 2.14. The molecule has 0 saturated carbocycles. The van der Waals surface area contributed by atoms with Gasteiger partial charge in [-0.1, -0.05) is 24.3 Å². The van der Waals surface area contributed by atoms with Gasteiger partial charge in [-0.15, -0.1) is 0 Å². The molecule has 84 valence electrons. The Morgan fingerprint density at radius 1 is 1.12 bits per heavy atom. The smallest absolute Gasteiger partial charge is 0.372 e. The number of carboxylic acids is 1. The van der Waals surface area contributed by atoms with Gasteiger partial charge in [0.2, 0.25) is 0 Å². The number of carboxylic acid groups (broad SMARTS) is 1. The van der Waals surface area contributed by atoms with Gasteiger partial charge in [0.05, 0.1) is 0 Å². The highest BCUT2D eigenvalue weighted by molar-refractivity contribution is 6.40. The maximum absolute atomic E-state index is 12.1. The SMILES string of the molecule is O=C(O)CCc1ccc(C(=O)C(=O)F)cc1. The number of ketones is 1. The fourth-order valence-corrected chi connectivity index (χ4v) is 1.19. The fourth-order valence-electron chi connectivity index (χ4n) is 1.19. The van der Waals surface area contributed by atoms with Crippen LogP contribution in [0.15, 0.2) is 24.3 Å². The molecule has 0 aliphatic carbocycles. The predicted molar refractivity (Wildman–Crippen MR) is 52.8 cm³/mol. The molecule has 16 heavy (non-hydrogen) atoms. The first kappa shape index (κ1) is 12.0. The normalized spacial score (nSPS) is 9.81. The molecule has 0 amide bonds. The first-order chi connectivity index (χ1) is 7.50. The summed E-state index contributed by atoms with van der Waals surface area (Å²) in [5.41, 5.74) is 0.678. The summed E-state index contributed by atoms with van der Waals surface area (Å²) in [5.74, 6) is -2.11. The number of benzene rings is 1. The van der Waals surface area contributed by atoms with Crippen molar-refractivity contribution in [2.75, 3.05) is 0 Å². The Hall–Kier alpha value is -2.04. The van der Waals surface area contributed by atoms with Gasteiger partial charge in [0, 0.05) is 12.0 Å². The van der Waals surface area contributed by atoms with Crippen LogP contribution in [0.2, 0.25) is 0 Å². The van der Waals surface area contributed by atoms with Crippen LogP contribution in [0.3, 0.4) is 0 Å². The predicted octanol–water partition coefficient (Wildman–Crippen LogP) is 1.38. The largest absolute Gasteiger partial charge is 0.481 e. The standard InChI is InChI=1S/C11H9FO4/c12-11(16)10(15)8-4-1-7(2-5-8)3-6-9(13)14/h1-2,4-5H,3,6H2,(H,13,14). The summed E-state index contributed by atoms with van der Waals surface area (Å²) in [6.07, 6.45) is 0.308. The number of carbonyl (C=O) groups excluding carboxylic acids is 2. The molecular formula is C11H9FO4. The summed E-state index contributed by atoms with van der Waals surface area (Å²) < 4.78 is 12.1. The minimum atomic E-state index is -2.00. The van der Waals surface area contributed by atoms with Gasteiger partial charge in [-0.05, 0) is 12.0 Å². The zero-order valence-electron chi connectivity index (χ0n) is 8.27. The van der Waals surface area contributed by atoms with Crippen LogP contribution < -0.4 is 0 Å². The summed E-state index contributed by atoms with van der Waals surface area (Å²) in [4.78, 5) is 31.3. The summed E-state index contributed by atoms with van der Waals surface area (Å²) in [7, 11) is 0. The molecule has 0 aliphatic rings. The summed E-state index contributed by atoms with van der Waals surface area (Å²) in [6.45, 7) is 0. The zero-order valence-corrected chi connectivity index (χ0v) is 8.27. The van der Waals surface area contributed by atoms with Crippen LogP contribution in [0.25, 0.3) is 0 Å². The van der Waals surface area contributed by atoms with Gasteiger partial charge < -0.3 is 5.11 Å². The monoisotopic (exact) mass is 224 g/mol. The lowest BCUT2D eigenvalue weighted by molar-refractivity contribution is -0.137. The Labute approximate surface area is 90.7 Å². The van der Waals surface area contributed by atoms with E-state index in [1.807, 2.05) is 0 Å². The number of aryl methyl sites for hydroxylation is 1. The first-order valence-corrected chi connectivity index (χ1v) is 4.55. The molecule has 0 aliphatic heterocycles. The van der Waals surface area contributed by atoms with Gasteiger partial charge in [-0.25, -0.2) is 0 Å². The third-order valence-electron chi connectivity index (χ3n) is 2.02. The minimum absolute atomic E-state index is 0.0185. The van der Waals surface area contributed by atoms with Gasteiger partial charge in [0.25, 0.3) is 5.78 Å². The van der Waals surface area contributed by atoms with Crippen molar-refractivity contribution in [3.63, 3.8) is 0 Å². The van der Waals surface area contributed by atoms with Crippen molar-refractivity contribution in [3.8, 4) is 0 Å². The lowest BCUT2D eigenvalue weighted by Gasteiger charge is -1.99. The van der Waals surface area contributed by atoms with Crippen molar-refractivity contribution in [1.29, 1.82) is 0 Å². The van der Waals surface area contributed by atoms with Gasteiger partial charge in [-0.2, -0.15) is 4.39 Å². The molecule has 0 bridgehead atoms. The minimum Gasteiger partial charge on any atom is -0.481 e. The van der Waals surface area contributed by atoms with E-state index in [0.29, 0.717) is 12.0 Å². The Morgan fingerprint density at radius 2 is 1.69 bits per heavy atom. The van der Waals surface area contributed by atoms with E-state index in [0.717, 1.165) is 0 Å². The summed E-state index contributed by atoms with van der Waals surface area (Å²) in [6, 6.07) is 3.60. The summed E-state index contributed by atoms with van der Waals surface area (Å²) in [5, 5.41) is 8.44. The second-order valence-electron chi connectivity index (χ2n) is 3.19. The number of Topliss-reactive ketones (excluding diaryl/α,β-unsaturated/α-hetero) is 1. The van der Waals surface area contributed by atoms with Gasteiger partial charge in [0.1, 0.15) is 0 Å². The van der Waals surface area contributed by atoms with Crippen LogP contribution in [0.5, 0.6) is 0 Å². The molecule has 1 N–H and O–H groups in total. The fraction of sp³-hybridized carbons (Fsp3) is 0.182. The van der Waals surface area contributed by atoms with Crippen LogP contribution in [-0.2, 0) is 16.0 Å². The van der Waals surface area contributed by atoms with E-state index in [-0.39, 0.29) is 12.0 Å². The van der Waals surface area contributed by atoms with Crippen molar-refractivity contribution in [2.24, 2.45) is 0 Å². The highest BCUT2D eigenvalue weighted by atomic mass is 19.1. The van der Waals surface area contributed by atoms with E-state index < -0.39 is 17.8 Å². The Morgan fingerprint density at radius 3 is 2.12 bits per heavy atom. The molecule has 0 heterocycles. The summed E-state index contributed by atoms with van der Waals surface area (Å²) >= 11 is 0. The van der Waals surface area contributed by atoms with Crippen LogP contribution in [0.1, 0.15) is 22.3 Å². The van der Waals surface area contributed by atoms with Crippen molar-refractivity contribution in [2.45, 2.75) is 12.8 Å². The number of rotatable bonds is 5. The van der Waals surface area contributed by atoms with Crippen LogP contribution >= 0.6 is 0 Å². The van der Waals surface area contributed by atoms with Crippen LogP contribution in [0.4, 0.5) is 4.39 Å². The molecule has 1 aromatic carbocycles. The lowest BCUT2D eigenvalue weighted by atomic mass is 10.1. The van der Waals surface area contributed by atoms with Crippen LogP contribution in [0, 0.1) is 0 Å². The Kier molecular flexibility index (Phi) is 3.88. The number of aliphatic carboxylic acids is 1. The maximum atomic E-state index is 12.1. The van der Waals surface area contributed by atoms with E-state index in [4.69, 9.17) is 5.11 Å². The van der Waals surface area contributed by atoms with Crippen molar-refractivity contribution in [1.82, 2.24) is 0 Å². The number of halogens is 1. The molecule has 1 rings (SSSR count).